The molecule has 2 aromatic carbocycles. The molecule has 0 fully saturated rings. The third kappa shape index (κ3) is 3.02. The minimum absolute atomic E-state index is 0.153. The van der Waals surface area contributed by atoms with Gasteiger partial charge in [0.1, 0.15) is 5.82 Å². The number of carbonyl (C=O) groups excluding carboxylic acids is 1. The molecule has 10 heteroatoms. The maximum absolute atomic E-state index is 14.1. The highest BCUT2D eigenvalue weighted by Crippen LogP contribution is 2.47. The van der Waals surface area contributed by atoms with Crippen LogP contribution in [-0.4, -0.2) is 26.8 Å². The van der Waals surface area contributed by atoms with Gasteiger partial charge in [-0.15, -0.1) is 10.2 Å². The molecule has 0 saturated heterocycles. The number of aromatic nitrogens is 3. The molecule has 3 aromatic rings. The Morgan fingerprint density at radius 2 is 2.03 bits per heavy atom. The zero-order chi connectivity index (χ0) is 20.9. The van der Waals surface area contributed by atoms with Gasteiger partial charge in [0.2, 0.25) is 11.0 Å². The molecule has 0 bridgehead atoms. The van der Waals surface area contributed by atoms with Crippen molar-refractivity contribution in [1.82, 2.24) is 15.2 Å². The second-order valence-corrected chi connectivity index (χ2v) is 8.82. The van der Waals surface area contributed by atoms with E-state index in [-0.39, 0.29) is 5.88 Å². The van der Waals surface area contributed by atoms with E-state index >= 15 is 0 Å². The van der Waals surface area contributed by atoms with Gasteiger partial charge < -0.3 is 15.4 Å². The van der Waals surface area contributed by atoms with Gasteiger partial charge in [-0.2, -0.15) is 4.98 Å². The number of thioether (sulfide) groups is 1. The van der Waals surface area contributed by atoms with Gasteiger partial charge in [-0.1, -0.05) is 34.6 Å². The molecular formula is C20H15BrFN5O2S. The molecule has 2 N–H and O–H groups in total. The number of carbonyl (C=O) groups is 1. The van der Waals surface area contributed by atoms with E-state index in [4.69, 9.17) is 4.74 Å². The standard InChI is InChI=1S/C20H15BrFN5O2S/c1-2-7-30-19-24-17-16(26-27-19)12-8-10(21)3-5-14(12)25-20(29-17)13-9-11(22)4-6-15(13)23-18(20)28/h3-6,8-9,25H,2,7H2,1H3,(H,23,28). The van der Waals surface area contributed by atoms with E-state index in [1.807, 2.05) is 12.1 Å². The lowest BCUT2D eigenvalue weighted by atomic mass is 10.0. The molecule has 7 nitrogen and oxygen atoms in total. The zero-order valence-electron chi connectivity index (χ0n) is 15.7. The first kappa shape index (κ1) is 19.3. The van der Waals surface area contributed by atoms with Crippen LogP contribution in [0.15, 0.2) is 46.0 Å². The van der Waals surface area contributed by atoms with Crippen molar-refractivity contribution < 1.29 is 13.9 Å². The number of ether oxygens (including phenoxy) is 1. The molecule has 3 heterocycles. The van der Waals surface area contributed by atoms with Gasteiger partial charge in [0.15, 0.2) is 5.69 Å². The first-order chi connectivity index (χ1) is 14.5. The minimum atomic E-state index is -1.69. The molecule has 2 aliphatic heterocycles. The number of nitrogens with one attached hydrogen (secondary N) is 2. The van der Waals surface area contributed by atoms with Crippen LogP contribution in [0.4, 0.5) is 15.8 Å². The van der Waals surface area contributed by atoms with Crippen molar-refractivity contribution in [3.8, 4) is 17.1 Å². The minimum Gasteiger partial charge on any atom is -0.435 e. The van der Waals surface area contributed by atoms with Crippen LogP contribution in [0, 0.1) is 5.82 Å². The molecule has 152 valence electrons. The fourth-order valence-electron chi connectivity index (χ4n) is 3.45. The van der Waals surface area contributed by atoms with Crippen LogP contribution in [0.5, 0.6) is 5.88 Å². The maximum atomic E-state index is 14.1. The summed E-state index contributed by atoms with van der Waals surface area (Å²) in [6.45, 7) is 2.06. The molecular weight excluding hydrogens is 473 g/mol. The van der Waals surface area contributed by atoms with E-state index in [0.717, 1.165) is 16.6 Å². The van der Waals surface area contributed by atoms with Gasteiger partial charge >= 0.3 is 0 Å². The summed E-state index contributed by atoms with van der Waals surface area (Å²) in [6, 6.07) is 9.56. The monoisotopic (exact) mass is 487 g/mol. The summed E-state index contributed by atoms with van der Waals surface area (Å²) >= 11 is 4.92. The summed E-state index contributed by atoms with van der Waals surface area (Å²) in [4.78, 5) is 17.6. The highest BCUT2D eigenvalue weighted by molar-refractivity contribution is 9.10. The van der Waals surface area contributed by atoms with Crippen molar-refractivity contribution in [2.45, 2.75) is 24.2 Å². The fourth-order valence-corrected chi connectivity index (χ4v) is 4.44. The average Bonchev–Trinajstić information content (AvgIpc) is 2.90. The van der Waals surface area contributed by atoms with E-state index in [0.29, 0.717) is 33.4 Å². The molecule has 1 unspecified atom stereocenters. The smallest absolute Gasteiger partial charge is 0.295 e. The van der Waals surface area contributed by atoms with Gasteiger partial charge in [0, 0.05) is 21.5 Å². The first-order valence-electron chi connectivity index (χ1n) is 9.26. The first-order valence-corrected chi connectivity index (χ1v) is 11.0. The van der Waals surface area contributed by atoms with Crippen molar-refractivity contribution in [3.05, 3.63) is 52.3 Å². The van der Waals surface area contributed by atoms with Crippen molar-refractivity contribution >= 4 is 45.0 Å². The fraction of sp³-hybridized carbons (Fsp3) is 0.200. The Kier molecular flexibility index (Phi) is 4.62. The zero-order valence-corrected chi connectivity index (χ0v) is 18.1. The third-order valence-electron chi connectivity index (χ3n) is 4.80. The molecule has 1 atom stereocenters. The Labute approximate surface area is 184 Å². The lowest BCUT2D eigenvalue weighted by molar-refractivity contribution is -0.128. The normalized spacial score (nSPS) is 18.6. The molecule has 2 aliphatic rings. The topological polar surface area (TPSA) is 89.0 Å². The van der Waals surface area contributed by atoms with E-state index in [2.05, 4.69) is 48.7 Å². The Bertz CT molecular complexity index is 1190. The SMILES string of the molecule is CCCSc1nnc2c(n1)OC1(Nc3ccc(Br)cc3-2)C(=O)Nc2ccc(F)cc21. The number of amides is 1. The summed E-state index contributed by atoms with van der Waals surface area (Å²) < 4.78 is 21.1. The molecule has 0 radical (unpaired) electrons. The summed E-state index contributed by atoms with van der Waals surface area (Å²) in [7, 11) is 0. The second kappa shape index (κ2) is 7.21. The number of benzene rings is 2. The van der Waals surface area contributed by atoms with Crippen LogP contribution >= 0.6 is 27.7 Å². The highest BCUT2D eigenvalue weighted by atomic mass is 79.9. The van der Waals surface area contributed by atoms with Crippen LogP contribution < -0.4 is 15.4 Å². The van der Waals surface area contributed by atoms with E-state index in [9.17, 15) is 9.18 Å². The molecule has 1 spiro atoms. The predicted octanol–water partition coefficient (Wildman–Crippen LogP) is 4.55. The maximum Gasteiger partial charge on any atom is 0.295 e. The molecule has 0 saturated carbocycles. The summed E-state index contributed by atoms with van der Waals surface area (Å²) in [5, 5.41) is 14.9. The van der Waals surface area contributed by atoms with Crippen LogP contribution in [0.1, 0.15) is 18.9 Å². The average molecular weight is 488 g/mol. The van der Waals surface area contributed by atoms with Crippen LogP contribution in [0.25, 0.3) is 11.3 Å². The number of fused-ring (bicyclic) bond motifs is 5. The summed E-state index contributed by atoms with van der Waals surface area (Å²) in [5.74, 6) is 0.0301. The molecule has 5 rings (SSSR count). The second-order valence-electron chi connectivity index (χ2n) is 6.84. The number of anilines is 2. The van der Waals surface area contributed by atoms with Crippen molar-refractivity contribution in [2.75, 3.05) is 16.4 Å². The van der Waals surface area contributed by atoms with E-state index in [1.165, 1.54) is 30.0 Å². The number of hydrogen-bond acceptors (Lipinski definition) is 7. The predicted molar refractivity (Wildman–Crippen MR) is 115 cm³/mol. The van der Waals surface area contributed by atoms with Crippen molar-refractivity contribution in [2.24, 2.45) is 0 Å². The number of nitrogens with zero attached hydrogens (tertiary/aromatic N) is 3. The Hall–Kier alpha value is -2.72. The van der Waals surface area contributed by atoms with Gasteiger partial charge in [0.05, 0.1) is 11.3 Å². The lowest BCUT2D eigenvalue weighted by Crippen LogP contribution is -2.47. The molecule has 1 aromatic heterocycles. The summed E-state index contributed by atoms with van der Waals surface area (Å²) in [6.07, 6.45) is 0.947. The number of hydrogen-bond donors (Lipinski definition) is 2. The Balaban J connectivity index is 1.74. The number of rotatable bonds is 3. The van der Waals surface area contributed by atoms with Crippen molar-refractivity contribution in [1.29, 1.82) is 0 Å². The molecule has 1 amide bonds. The largest absolute Gasteiger partial charge is 0.435 e. The number of halogens is 2. The lowest BCUT2D eigenvalue weighted by Gasteiger charge is -2.28. The van der Waals surface area contributed by atoms with Gasteiger partial charge in [0.25, 0.3) is 11.6 Å². The van der Waals surface area contributed by atoms with Crippen LogP contribution in [0.3, 0.4) is 0 Å². The van der Waals surface area contributed by atoms with Gasteiger partial charge in [-0.25, -0.2) is 4.39 Å². The van der Waals surface area contributed by atoms with E-state index in [1.54, 1.807) is 6.07 Å². The van der Waals surface area contributed by atoms with Gasteiger partial charge in [-0.3, -0.25) is 4.79 Å². The quantitative estimate of drug-likeness (QED) is 0.523. The Morgan fingerprint density at radius 3 is 2.87 bits per heavy atom. The van der Waals surface area contributed by atoms with Crippen molar-refractivity contribution in [3.63, 3.8) is 0 Å². The Morgan fingerprint density at radius 1 is 1.20 bits per heavy atom. The molecule has 30 heavy (non-hydrogen) atoms. The van der Waals surface area contributed by atoms with Crippen LogP contribution in [0.2, 0.25) is 0 Å². The van der Waals surface area contributed by atoms with Gasteiger partial charge in [-0.05, 0) is 42.8 Å². The summed E-state index contributed by atoms with van der Waals surface area (Å²) in [5.41, 5.74) is 0.784. The van der Waals surface area contributed by atoms with Crippen LogP contribution in [-0.2, 0) is 10.5 Å². The highest BCUT2D eigenvalue weighted by Gasteiger charge is 2.52. The third-order valence-corrected chi connectivity index (χ3v) is 6.33. The van der Waals surface area contributed by atoms with E-state index < -0.39 is 17.4 Å². The molecule has 0 aliphatic carbocycles.